The maximum absolute atomic E-state index is 13.7. The fourth-order valence-electron chi connectivity index (χ4n) is 2.62. The average Bonchev–Trinajstić information content (AvgIpc) is 2.42. The van der Waals surface area contributed by atoms with E-state index in [4.69, 9.17) is 5.11 Å². The third kappa shape index (κ3) is 3.53. The first kappa shape index (κ1) is 14.0. The van der Waals surface area contributed by atoms with Gasteiger partial charge in [-0.2, -0.15) is 0 Å². The Kier molecular flexibility index (Phi) is 4.53. The van der Waals surface area contributed by atoms with Gasteiger partial charge in [0.15, 0.2) is 0 Å². The van der Waals surface area contributed by atoms with Gasteiger partial charge in [0.1, 0.15) is 5.82 Å². The molecular formula is C15H20FNO2. The Morgan fingerprint density at radius 2 is 2.11 bits per heavy atom. The van der Waals surface area contributed by atoms with Gasteiger partial charge >= 0.3 is 5.97 Å². The lowest BCUT2D eigenvalue weighted by Crippen LogP contribution is -2.33. The van der Waals surface area contributed by atoms with Gasteiger partial charge in [-0.25, -0.2) is 9.18 Å². The maximum Gasteiger partial charge on any atom is 0.335 e. The van der Waals surface area contributed by atoms with Crippen LogP contribution in [-0.4, -0.2) is 29.1 Å². The monoisotopic (exact) mass is 265 g/mol. The van der Waals surface area contributed by atoms with Gasteiger partial charge in [-0.3, -0.25) is 4.90 Å². The summed E-state index contributed by atoms with van der Waals surface area (Å²) in [6.45, 7) is 4.64. The van der Waals surface area contributed by atoms with Crippen molar-refractivity contribution >= 4 is 5.97 Å². The lowest BCUT2D eigenvalue weighted by atomic mass is 9.94. The van der Waals surface area contributed by atoms with Crippen LogP contribution in [0.2, 0.25) is 0 Å². The van der Waals surface area contributed by atoms with Crippen molar-refractivity contribution in [2.45, 2.75) is 32.7 Å². The molecule has 1 aromatic carbocycles. The first-order valence-corrected chi connectivity index (χ1v) is 6.84. The van der Waals surface area contributed by atoms with Gasteiger partial charge in [0, 0.05) is 12.1 Å². The zero-order chi connectivity index (χ0) is 13.8. The second-order valence-corrected chi connectivity index (χ2v) is 5.24. The molecule has 1 N–H and O–H groups in total. The molecule has 4 heteroatoms. The molecule has 0 amide bonds. The van der Waals surface area contributed by atoms with Gasteiger partial charge in [0.2, 0.25) is 0 Å². The third-order valence-corrected chi connectivity index (χ3v) is 3.97. The van der Waals surface area contributed by atoms with Crippen LogP contribution in [0.3, 0.4) is 0 Å². The van der Waals surface area contributed by atoms with Crippen molar-refractivity contribution in [2.24, 2.45) is 5.92 Å². The minimum Gasteiger partial charge on any atom is -0.478 e. The van der Waals surface area contributed by atoms with Crippen LogP contribution in [-0.2, 0) is 6.54 Å². The van der Waals surface area contributed by atoms with Crippen LogP contribution < -0.4 is 0 Å². The molecule has 0 saturated carbocycles. The number of halogens is 1. The van der Waals surface area contributed by atoms with Crippen molar-refractivity contribution in [3.63, 3.8) is 0 Å². The third-order valence-electron chi connectivity index (χ3n) is 3.97. The van der Waals surface area contributed by atoms with Crippen LogP contribution in [0.25, 0.3) is 0 Å². The van der Waals surface area contributed by atoms with Gasteiger partial charge < -0.3 is 5.11 Å². The molecule has 0 radical (unpaired) electrons. The molecular weight excluding hydrogens is 245 g/mol. The molecule has 0 aromatic heterocycles. The number of hydrogen-bond acceptors (Lipinski definition) is 2. The van der Waals surface area contributed by atoms with E-state index in [-0.39, 0.29) is 11.4 Å². The summed E-state index contributed by atoms with van der Waals surface area (Å²) in [6.07, 6.45) is 3.50. The second kappa shape index (κ2) is 6.15. The Hall–Kier alpha value is -1.42. The summed E-state index contributed by atoms with van der Waals surface area (Å²) in [6, 6.07) is 4.01. The molecule has 0 spiro atoms. The van der Waals surface area contributed by atoms with Gasteiger partial charge in [-0.1, -0.05) is 13.3 Å². The van der Waals surface area contributed by atoms with Gasteiger partial charge in [0.05, 0.1) is 5.56 Å². The molecule has 104 valence electrons. The summed E-state index contributed by atoms with van der Waals surface area (Å²) in [5, 5.41) is 8.94. The van der Waals surface area contributed by atoms with E-state index in [0.717, 1.165) is 31.8 Å². The average molecular weight is 265 g/mol. The molecule has 1 heterocycles. The highest BCUT2D eigenvalue weighted by atomic mass is 19.1. The molecule has 1 aliphatic rings. The van der Waals surface area contributed by atoms with Gasteiger partial charge in [0.25, 0.3) is 0 Å². The zero-order valence-corrected chi connectivity index (χ0v) is 11.2. The highest BCUT2D eigenvalue weighted by Crippen LogP contribution is 2.22. The molecule has 1 fully saturated rings. The Morgan fingerprint density at radius 1 is 1.42 bits per heavy atom. The molecule has 2 rings (SSSR count). The SMILES string of the molecule is CCC1CCN(Cc2cc(C(=O)O)ccc2F)CC1. The molecule has 0 unspecified atom stereocenters. The zero-order valence-electron chi connectivity index (χ0n) is 11.2. The summed E-state index contributed by atoms with van der Waals surface area (Å²) < 4.78 is 13.7. The topological polar surface area (TPSA) is 40.5 Å². The van der Waals surface area contributed by atoms with E-state index < -0.39 is 5.97 Å². The number of carboxylic acids is 1. The fourth-order valence-corrected chi connectivity index (χ4v) is 2.62. The molecule has 1 aromatic rings. The van der Waals surface area contributed by atoms with Crippen LogP contribution in [0.4, 0.5) is 4.39 Å². The van der Waals surface area contributed by atoms with E-state index in [2.05, 4.69) is 11.8 Å². The number of carboxylic acid groups (broad SMARTS) is 1. The molecule has 0 atom stereocenters. The smallest absolute Gasteiger partial charge is 0.335 e. The van der Waals surface area contributed by atoms with Crippen molar-refractivity contribution in [2.75, 3.05) is 13.1 Å². The Bertz CT molecular complexity index is 453. The number of nitrogens with zero attached hydrogens (tertiary/aromatic N) is 1. The Balaban J connectivity index is 2.03. The lowest BCUT2D eigenvalue weighted by molar-refractivity contribution is 0.0696. The number of piperidine rings is 1. The first-order valence-electron chi connectivity index (χ1n) is 6.84. The number of likely N-dealkylation sites (tertiary alicyclic amines) is 1. The quantitative estimate of drug-likeness (QED) is 0.909. The normalized spacial score (nSPS) is 17.6. The lowest BCUT2D eigenvalue weighted by Gasteiger charge is -2.31. The standard InChI is InChI=1S/C15H20FNO2/c1-2-11-5-7-17(8-6-11)10-13-9-12(15(18)19)3-4-14(13)16/h3-4,9,11H,2,5-8,10H2,1H3,(H,18,19). The fraction of sp³-hybridized carbons (Fsp3) is 0.533. The number of aromatic carboxylic acids is 1. The summed E-state index contributed by atoms with van der Waals surface area (Å²) in [7, 11) is 0. The van der Waals surface area contributed by atoms with E-state index in [0.29, 0.717) is 12.1 Å². The summed E-state index contributed by atoms with van der Waals surface area (Å²) in [4.78, 5) is 13.1. The van der Waals surface area contributed by atoms with Crippen molar-refractivity contribution in [3.05, 3.63) is 35.1 Å². The van der Waals surface area contributed by atoms with E-state index >= 15 is 0 Å². The maximum atomic E-state index is 13.7. The van der Waals surface area contributed by atoms with Crippen LogP contribution in [0.5, 0.6) is 0 Å². The van der Waals surface area contributed by atoms with E-state index in [1.165, 1.54) is 24.6 Å². The highest BCUT2D eigenvalue weighted by Gasteiger charge is 2.19. The Labute approximate surface area is 113 Å². The number of carbonyl (C=O) groups is 1. The van der Waals surface area contributed by atoms with Gasteiger partial charge in [-0.05, 0) is 50.0 Å². The molecule has 19 heavy (non-hydrogen) atoms. The minimum atomic E-state index is -1.01. The number of benzene rings is 1. The molecule has 3 nitrogen and oxygen atoms in total. The van der Waals surface area contributed by atoms with Crippen molar-refractivity contribution in [1.82, 2.24) is 4.90 Å². The molecule has 1 saturated heterocycles. The van der Waals surface area contributed by atoms with Crippen molar-refractivity contribution < 1.29 is 14.3 Å². The predicted molar refractivity (Wildman–Crippen MR) is 71.7 cm³/mol. The molecule has 1 aliphatic heterocycles. The van der Waals surface area contributed by atoms with Crippen LogP contribution >= 0.6 is 0 Å². The summed E-state index contributed by atoms with van der Waals surface area (Å²) >= 11 is 0. The summed E-state index contributed by atoms with van der Waals surface area (Å²) in [5.74, 6) is -0.542. The first-order chi connectivity index (χ1) is 9.10. The van der Waals surface area contributed by atoms with Crippen LogP contribution in [0, 0.1) is 11.7 Å². The summed E-state index contributed by atoms with van der Waals surface area (Å²) in [5.41, 5.74) is 0.634. The second-order valence-electron chi connectivity index (χ2n) is 5.24. The van der Waals surface area contributed by atoms with E-state index in [1.807, 2.05) is 0 Å². The highest BCUT2D eigenvalue weighted by molar-refractivity contribution is 5.87. The molecule has 0 bridgehead atoms. The predicted octanol–water partition coefficient (Wildman–Crippen LogP) is 3.15. The largest absolute Gasteiger partial charge is 0.478 e. The minimum absolute atomic E-state index is 0.153. The van der Waals surface area contributed by atoms with Crippen molar-refractivity contribution in [3.8, 4) is 0 Å². The number of hydrogen-bond donors (Lipinski definition) is 1. The Morgan fingerprint density at radius 3 is 2.68 bits per heavy atom. The van der Waals surface area contributed by atoms with E-state index in [1.54, 1.807) is 0 Å². The van der Waals surface area contributed by atoms with Gasteiger partial charge in [-0.15, -0.1) is 0 Å². The van der Waals surface area contributed by atoms with Crippen LogP contribution in [0.15, 0.2) is 18.2 Å². The number of rotatable bonds is 4. The van der Waals surface area contributed by atoms with E-state index in [9.17, 15) is 9.18 Å². The van der Waals surface area contributed by atoms with Crippen LogP contribution in [0.1, 0.15) is 42.1 Å². The molecule has 0 aliphatic carbocycles. The van der Waals surface area contributed by atoms with Crippen molar-refractivity contribution in [1.29, 1.82) is 0 Å².